The van der Waals surface area contributed by atoms with Crippen molar-refractivity contribution in [2.24, 2.45) is 5.73 Å². The van der Waals surface area contributed by atoms with E-state index in [1.165, 1.54) is 29.4 Å². The Kier molecular flexibility index (Phi) is 4.84. The minimum atomic E-state index is -3.69. The van der Waals surface area contributed by atoms with E-state index in [0.717, 1.165) is 19.3 Å². The zero-order valence-corrected chi connectivity index (χ0v) is 13.5. The van der Waals surface area contributed by atoms with Gasteiger partial charge in [-0.05, 0) is 38.8 Å². The standard InChI is InChI=1S/C14H21N3O4S/c1-10-9-12(6-7-13(10)17(18)19)22(20,21)16-8-4-3-5-14(16)11(2)15/h6-7,9,11,14H,3-5,8,15H2,1-2H3. The van der Waals surface area contributed by atoms with E-state index in [9.17, 15) is 18.5 Å². The molecule has 2 unspecified atom stereocenters. The average Bonchev–Trinajstić information content (AvgIpc) is 2.46. The summed E-state index contributed by atoms with van der Waals surface area (Å²) in [5, 5.41) is 10.9. The van der Waals surface area contributed by atoms with Gasteiger partial charge in [0.1, 0.15) is 0 Å². The highest BCUT2D eigenvalue weighted by Crippen LogP contribution is 2.29. The molecule has 8 heteroatoms. The van der Waals surface area contributed by atoms with E-state index in [-0.39, 0.29) is 22.7 Å². The first-order chi connectivity index (χ1) is 10.2. The second-order valence-corrected chi connectivity index (χ2v) is 7.63. The second-order valence-electron chi connectivity index (χ2n) is 5.74. The van der Waals surface area contributed by atoms with Crippen molar-refractivity contribution in [1.82, 2.24) is 4.31 Å². The fourth-order valence-corrected chi connectivity index (χ4v) is 4.74. The summed E-state index contributed by atoms with van der Waals surface area (Å²) in [7, 11) is -3.69. The molecule has 0 bridgehead atoms. The molecule has 1 aliphatic rings. The van der Waals surface area contributed by atoms with Crippen molar-refractivity contribution >= 4 is 15.7 Å². The number of rotatable bonds is 4. The monoisotopic (exact) mass is 327 g/mol. The molecule has 2 rings (SSSR count). The third kappa shape index (κ3) is 3.13. The van der Waals surface area contributed by atoms with E-state index in [4.69, 9.17) is 5.73 Å². The topological polar surface area (TPSA) is 107 Å². The van der Waals surface area contributed by atoms with Crippen molar-refractivity contribution in [2.75, 3.05) is 6.54 Å². The van der Waals surface area contributed by atoms with Crippen LogP contribution in [0.4, 0.5) is 5.69 Å². The Morgan fingerprint density at radius 2 is 2.09 bits per heavy atom. The van der Waals surface area contributed by atoms with Crippen LogP contribution in [0.15, 0.2) is 23.1 Å². The van der Waals surface area contributed by atoms with Crippen LogP contribution in [0.5, 0.6) is 0 Å². The minimum absolute atomic E-state index is 0.0821. The molecular weight excluding hydrogens is 306 g/mol. The molecule has 0 radical (unpaired) electrons. The van der Waals surface area contributed by atoms with Crippen molar-refractivity contribution in [3.05, 3.63) is 33.9 Å². The molecule has 0 aliphatic carbocycles. The van der Waals surface area contributed by atoms with E-state index in [1.54, 1.807) is 6.92 Å². The van der Waals surface area contributed by atoms with E-state index < -0.39 is 14.9 Å². The van der Waals surface area contributed by atoms with E-state index >= 15 is 0 Å². The summed E-state index contributed by atoms with van der Waals surface area (Å²) in [5.74, 6) is 0. The van der Waals surface area contributed by atoms with Gasteiger partial charge in [-0.25, -0.2) is 8.42 Å². The lowest BCUT2D eigenvalue weighted by molar-refractivity contribution is -0.385. The third-order valence-corrected chi connectivity index (χ3v) is 6.00. The highest BCUT2D eigenvalue weighted by molar-refractivity contribution is 7.89. The van der Waals surface area contributed by atoms with Crippen LogP contribution in [0.1, 0.15) is 31.7 Å². The number of benzene rings is 1. The van der Waals surface area contributed by atoms with Crippen LogP contribution in [0.2, 0.25) is 0 Å². The Labute approximate surface area is 130 Å². The SMILES string of the molecule is Cc1cc(S(=O)(=O)N2CCCCC2C(C)N)ccc1[N+](=O)[O-]. The molecule has 1 aromatic rings. The number of hydrogen-bond donors (Lipinski definition) is 1. The summed E-state index contributed by atoms with van der Waals surface area (Å²) in [5.41, 5.74) is 6.18. The number of nitrogens with two attached hydrogens (primary N) is 1. The number of piperidine rings is 1. The fourth-order valence-electron chi connectivity index (χ4n) is 2.88. The number of sulfonamides is 1. The maximum absolute atomic E-state index is 12.8. The van der Waals surface area contributed by atoms with Crippen molar-refractivity contribution in [3.63, 3.8) is 0 Å². The molecule has 122 valence electrons. The first-order valence-corrected chi connectivity index (χ1v) is 8.71. The molecule has 0 spiro atoms. The van der Waals surface area contributed by atoms with E-state index in [1.807, 2.05) is 0 Å². The van der Waals surface area contributed by atoms with Crippen LogP contribution < -0.4 is 5.73 Å². The summed E-state index contributed by atoms with van der Waals surface area (Å²) in [6, 6.07) is 3.42. The lowest BCUT2D eigenvalue weighted by atomic mass is 10.00. The molecular formula is C14H21N3O4S. The lowest BCUT2D eigenvalue weighted by Crippen LogP contribution is -2.51. The fraction of sp³-hybridized carbons (Fsp3) is 0.571. The maximum atomic E-state index is 12.8. The van der Waals surface area contributed by atoms with Gasteiger partial charge in [0.2, 0.25) is 10.0 Å². The van der Waals surface area contributed by atoms with E-state index in [2.05, 4.69) is 0 Å². The predicted octanol–water partition coefficient (Wildman–Crippen LogP) is 1.79. The van der Waals surface area contributed by atoms with E-state index in [0.29, 0.717) is 12.1 Å². The van der Waals surface area contributed by atoms with Gasteiger partial charge in [-0.1, -0.05) is 6.42 Å². The number of nitro groups is 1. The first-order valence-electron chi connectivity index (χ1n) is 7.27. The normalized spacial score (nSPS) is 21.5. The van der Waals surface area contributed by atoms with Crippen LogP contribution >= 0.6 is 0 Å². The first kappa shape index (κ1) is 16.9. The van der Waals surface area contributed by atoms with Crippen molar-refractivity contribution in [2.45, 2.75) is 50.1 Å². The van der Waals surface area contributed by atoms with Gasteiger partial charge in [0.15, 0.2) is 0 Å². The zero-order chi connectivity index (χ0) is 16.5. The molecule has 2 atom stereocenters. The zero-order valence-electron chi connectivity index (χ0n) is 12.7. The lowest BCUT2D eigenvalue weighted by Gasteiger charge is -2.36. The maximum Gasteiger partial charge on any atom is 0.272 e. The number of hydrogen-bond acceptors (Lipinski definition) is 5. The molecule has 1 aromatic carbocycles. The molecule has 0 aromatic heterocycles. The number of nitrogens with zero attached hydrogens (tertiary/aromatic N) is 2. The van der Waals surface area contributed by atoms with Crippen LogP contribution in [-0.4, -0.2) is 36.3 Å². The quantitative estimate of drug-likeness (QED) is 0.670. The van der Waals surface area contributed by atoms with Gasteiger partial charge in [0.05, 0.1) is 9.82 Å². The van der Waals surface area contributed by atoms with Crippen LogP contribution in [0.3, 0.4) is 0 Å². The average molecular weight is 327 g/mol. The Morgan fingerprint density at radius 1 is 1.41 bits per heavy atom. The van der Waals surface area contributed by atoms with Crippen LogP contribution in [0, 0.1) is 17.0 Å². The number of aryl methyl sites for hydroxylation is 1. The van der Waals surface area contributed by atoms with Gasteiger partial charge in [0.25, 0.3) is 5.69 Å². The number of nitro benzene ring substituents is 1. The predicted molar refractivity (Wildman–Crippen MR) is 83.0 cm³/mol. The summed E-state index contributed by atoms with van der Waals surface area (Å²) < 4.78 is 27.1. The van der Waals surface area contributed by atoms with Crippen LogP contribution in [0.25, 0.3) is 0 Å². The minimum Gasteiger partial charge on any atom is -0.326 e. The summed E-state index contributed by atoms with van der Waals surface area (Å²) in [6.07, 6.45) is 2.49. The molecule has 1 heterocycles. The Morgan fingerprint density at radius 3 is 2.64 bits per heavy atom. The molecule has 22 heavy (non-hydrogen) atoms. The molecule has 1 saturated heterocycles. The van der Waals surface area contributed by atoms with Crippen molar-refractivity contribution < 1.29 is 13.3 Å². The molecule has 2 N–H and O–H groups in total. The van der Waals surface area contributed by atoms with Gasteiger partial charge in [0, 0.05) is 30.3 Å². The second kappa shape index (κ2) is 6.31. The molecule has 1 aliphatic heterocycles. The van der Waals surface area contributed by atoms with Crippen molar-refractivity contribution in [1.29, 1.82) is 0 Å². The van der Waals surface area contributed by atoms with Crippen molar-refractivity contribution in [3.8, 4) is 0 Å². The Balaban J connectivity index is 2.41. The van der Waals surface area contributed by atoms with Gasteiger partial charge in [-0.2, -0.15) is 4.31 Å². The molecule has 1 fully saturated rings. The molecule has 7 nitrogen and oxygen atoms in total. The highest BCUT2D eigenvalue weighted by atomic mass is 32.2. The molecule has 0 amide bonds. The smallest absolute Gasteiger partial charge is 0.272 e. The van der Waals surface area contributed by atoms with Gasteiger partial charge in [-0.3, -0.25) is 10.1 Å². The van der Waals surface area contributed by atoms with Gasteiger partial charge in [-0.15, -0.1) is 0 Å². The van der Waals surface area contributed by atoms with Crippen LogP contribution in [-0.2, 0) is 10.0 Å². The van der Waals surface area contributed by atoms with Gasteiger partial charge < -0.3 is 5.73 Å². The highest BCUT2D eigenvalue weighted by Gasteiger charge is 2.35. The largest absolute Gasteiger partial charge is 0.326 e. The molecule has 0 saturated carbocycles. The van der Waals surface area contributed by atoms with Gasteiger partial charge >= 0.3 is 0 Å². The summed E-state index contributed by atoms with van der Waals surface area (Å²) in [4.78, 5) is 10.4. The third-order valence-electron chi connectivity index (χ3n) is 4.08. The Bertz CT molecular complexity index is 673. The summed E-state index contributed by atoms with van der Waals surface area (Å²) >= 11 is 0. The Hall–Kier alpha value is -1.51. The summed E-state index contributed by atoms with van der Waals surface area (Å²) in [6.45, 7) is 3.78.